The number of benzene rings is 1. The summed E-state index contributed by atoms with van der Waals surface area (Å²) >= 11 is 6.16. The van der Waals surface area contributed by atoms with Crippen molar-refractivity contribution in [1.82, 2.24) is 4.90 Å². The van der Waals surface area contributed by atoms with Gasteiger partial charge < -0.3 is 14.6 Å². The Balaban J connectivity index is 1.80. The molecule has 0 atom stereocenters. The van der Waals surface area contributed by atoms with Crippen LogP contribution in [-0.4, -0.2) is 37.9 Å². The summed E-state index contributed by atoms with van der Waals surface area (Å²) in [5.74, 6) is -1.57. The number of carbonyl (C=O) groups excluding carboxylic acids is 1. The highest BCUT2D eigenvalue weighted by Crippen LogP contribution is 2.38. The number of nitrogens with zero attached hydrogens (tertiary/aromatic N) is 1. The van der Waals surface area contributed by atoms with Gasteiger partial charge >= 0.3 is 12.1 Å². The molecule has 11 heteroatoms. The quantitative estimate of drug-likeness (QED) is 0.478. The third kappa shape index (κ3) is 4.85. The minimum Gasteiger partial charge on any atom is -0.507 e. The fourth-order valence-corrected chi connectivity index (χ4v) is 3.98. The maximum atomic E-state index is 12.9. The summed E-state index contributed by atoms with van der Waals surface area (Å²) in [6.07, 6.45) is -3.04. The molecule has 2 aromatic rings. The lowest BCUT2D eigenvalue weighted by molar-refractivity contribution is -0.138. The molecule has 158 valence electrons. The Labute approximate surface area is 178 Å². The number of thioether (sulfide) groups is 1. The summed E-state index contributed by atoms with van der Waals surface area (Å²) in [4.78, 5) is 24.6. The van der Waals surface area contributed by atoms with Gasteiger partial charge in [0.15, 0.2) is 0 Å². The number of alkyl halides is 3. The molecular weight excluding hydrogens is 443 g/mol. The minimum atomic E-state index is -4.58. The summed E-state index contributed by atoms with van der Waals surface area (Å²) in [6.45, 7) is 0.163. The van der Waals surface area contributed by atoms with E-state index >= 15 is 0 Å². The Hall–Kier alpha value is -2.79. The second-order valence-electron chi connectivity index (χ2n) is 6.26. The molecule has 0 bridgehead atoms. The van der Waals surface area contributed by atoms with E-state index in [-0.39, 0.29) is 51.4 Å². The molecule has 1 aliphatic heterocycles. The van der Waals surface area contributed by atoms with Crippen molar-refractivity contribution >= 4 is 46.3 Å². The van der Waals surface area contributed by atoms with E-state index in [0.29, 0.717) is 0 Å². The molecule has 1 aromatic carbocycles. The van der Waals surface area contributed by atoms with Crippen LogP contribution in [0, 0.1) is 0 Å². The maximum Gasteiger partial charge on any atom is 0.416 e. The van der Waals surface area contributed by atoms with E-state index in [1.807, 2.05) is 0 Å². The molecule has 1 saturated heterocycles. The van der Waals surface area contributed by atoms with Gasteiger partial charge in [0.25, 0.3) is 5.91 Å². The monoisotopic (exact) mass is 457 g/mol. The first-order valence-corrected chi connectivity index (χ1v) is 9.76. The van der Waals surface area contributed by atoms with E-state index in [4.69, 9.17) is 21.7 Å². The molecule has 1 aromatic heterocycles. The van der Waals surface area contributed by atoms with Crippen LogP contribution in [0.4, 0.5) is 13.2 Å². The first-order valence-electron chi connectivity index (χ1n) is 8.54. The number of amides is 1. The van der Waals surface area contributed by atoms with E-state index in [1.165, 1.54) is 23.1 Å². The number of aromatic hydroxyl groups is 1. The zero-order chi connectivity index (χ0) is 22.1. The van der Waals surface area contributed by atoms with Crippen LogP contribution in [0.1, 0.15) is 24.2 Å². The van der Waals surface area contributed by atoms with Crippen molar-refractivity contribution in [1.29, 1.82) is 0 Å². The Kier molecular flexibility index (Phi) is 6.22. The molecule has 6 nitrogen and oxygen atoms in total. The van der Waals surface area contributed by atoms with E-state index in [9.17, 15) is 27.9 Å². The van der Waals surface area contributed by atoms with Gasteiger partial charge in [-0.15, -0.1) is 0 Å². The van der Waals surface area contributed by atoms with Crippen molar-refractivity contribution in [2.45, 2.75) is 19.0 Å². The van der Waals surface area contributed by atoms with Crippen LogP contribution in [-0.2, 0) is 15.8 Å². The van der Waals surface area contributed by atoms with Crippen molar-refractivity contribution in [3.63, 3.8) is 0 Å². The number of carboxylic acids is 1. The van der Waals surface area contributed by atoms with Crippen molar-refractivity contribution in [3.8, 4) is 17.1 Å². The van der Waals surface area contributed by atoms with Crippen molar-refractivity contribution in [2.75, 3.05) is 6.54 Å². The van der Waals surface area contributed by atoms with Crippen LogP contribution in [0.5, 0.6) is 5.75 Å². The molecule has 2 N–H and O–H groups in total. The van der Waals surface area contributed by atoms with Gasteiger partial charge in [0.05, 0.1) is 16.0 Å². The number of phenolic OH excluding ortho intramolecular Hbond substituents is 1. The van der Waals surface area contributed by atoms with Crippen LogP contribution >= 0.6 is 24.0 Å². The van der Waals surface area contributed by atoms with Gasteiger partial charge in [-0.05, 0) is 36.8 Å². The minimum absolute atomic E-state index is 0.00165. The van der Waals surface area contributed by atoms with Gasteiger partial charge in [-0.3, -0.25) is 14.5 Å². The van der Waals surface area contributed by atoms with Crippen LogP contribution in [0.3, 0.4) is 0 Å². The summed E-state index contributed by atoms with van der Waals surface area (Å²) in [5.41, 5.74) is -1.07. The molecule has 2 heterocycles. The first-order chi connectivity index (χ1) is 14.1. The highest BCUT2D eigenvalue weighted by molar-refractivity contribution is 8.26. The Morgan fingerprint density at radius 1 is 1.27 bits per heavy atom. The van der Waals surface area contributed by atoms with Crippen molar-refractivity contribution in [3.05, 3.63) is 46.6 Å². The van der Waals surface area contributed by atoms with Crippen molar-refractivity contribution < 1.29 is 37.4 Å². The predicted octanol–water partition coefficient (Wildman–Crippen LogP) is 4.74. The van der Waals surface area contributed by atoms with Gasteiger partial charge in [-0.1, -0.05) is 24.0 Å². The molecule has 1 amide bonds. The zero-order valence-electron chi connectivity index (χ0n) is 15.1. The summed E-state index contributed by atoms with van der Waals surface area (Å²) in [6, 6.07) is 5.31. The van der Waals surface area contributed by atoms with Crippen molar-refractivity contribution in [2.24, 2.45) is 0 Å². The Morgan fingerprint density at radius 3 is 2.67 bits per heavy atom. The molecule has 30 heavy (non-hydrogen) atoms. The Bertz CT molecular complexity index is 1050. The second-order valence-corrected chi connectivity index (χ2v) is 7.94. The topological polar surface area (TPSA) is 91.0 Å². The van der Waals surface area contributed by atoms with Gasteiger partial charge in [-0.25, -0.2) is 0 Å². The molecule has 0 spiro atoms. The highest BCUT2D eigenvalue weighted by atomic mass is 32.2. The molecule has 0 unspecified atom stereocenters. The molecule has 1 fully saturated rings. The highest BCUT2D eigenvalue weighted by Gasteiger charge is 2.33. The van der Waals surface area contributed by atoms with Crippen LogP contribution < -0.4 is 0 Å². The van der Waals surface area contributed by atoms with Crippen LogP contribution in [0.2, 0.25) is 0 Å². The normalized spacial score (nSPS) is 16.0. The number of aliphatic carboxylic acids is 1. The Morgan fingerprint density at radius 2 is 2.00 bits per heavy atom. The number of hydrogen-bond acceptors (Lipinski definition) is 6. The predicted molar refractivity (Wildman–Crippen MR) is 108 cm³/mol. The first kappa shape index (κ1) is 21.9. The van der Waals surface area contributed by atoms with Gasteiger partial charge in [-0.2, -0.15) is 13.2 Å². The molecule has 1 aliphatic rings. The molecule has 0 aliphatic carbocycles. The van der Waals surface area contributed by atoms with Gasteiger partial charge in [0.2, 0.25) is 0 Å². The standard InChI is InChI=1S/C19H14F3NO5S2/c20-19(21,22)10-3-5-13(24)12(8-10)14-6-4-11(28-14)9-15-17(27)23(18(29)30-15)7-1-2-16(25)26/h3-6,8-9,24H,1-2,7H2,(H,25,26)/b15-9+. The molecule has 0 radical (unpaired) electrons. The molecule has 3 rings (SSSR count). The summed E-state index contributed by atoms with van der Waals surface area (Å²) in [7, 11) is 0. The maximum absolute atomic E-state index is 12.9. The number of thiocarbonyl (C=S) groups is 1. The number of carboxylic acid groups (broad SMARTS) is 1. The number of furan rings is 1. The van der Waals surface area contributed by atoms with Crippen LogP contribution in [0.15, 0.2) is 39.7 Å². The number of rotatable bonds is 6. The van der Waals surface area contributed by atoms with Crippen LogP contribution in [0.25, 0.3) is 17.4 Å². The fourth-order valence-electron chi connectivity index (χ4n) is 2.70. The average molecular weight is 457 g/mol. The lowest BCUT2D eigenvalue weighted by atomic mass is 10.1. The van der Waals surface area contributed by atoms with E-state index < -0.39 is 23.6 Å². The number of hydrogen-bond donors (Lipinski definition) is 2. The number of halogens is 3. The molecule has 0 saturated carbocycles. The van der Waals surface area contributed by atoms with E-state index in [1.54, 1.807) is 0 Å². The van der Waals surface area contributed by atoms with E-state index in [0.717, 1.165) is 30.0 Å². The SMILES string of the molecule is O=C(O)CCCN1C(=O)/C(=C\c2ccc(-c3cc(C(F)(F)F)ccc3O)o2)SC1=S. The summed E-state index contributed by atoms with van der Waals surface area (Å²) in [5, 5.41) is 18.6. The second kappa shape index (κ2) is 8.52. The smallest absolute Gasteiger partial charge is 0.416 e. The zero-order valence-corrected chi connectivity index (χ0v) is 16.7. The third-order valence-electron chi connectivity index (χ3n) is 4.14. The average Bonchev–Trinajstić information content (AvgIpc) is 3.21. The molecular formula is C19H14F3NO5S2. The lowest BCUT2D eigenvalue weighted by Crippen LogP contribution is -2.29. The lowest BCUT2D eigenvalue weighted by Gasteiger charge is -2.13. The number of phenols is 1. The third-order valence-corrected chi connectivity index (χ3v) is 5.51. The summed E-state index contributed by atoms with van der Waals surface area (Å²) < 4.78 is 44.6. The van der Waals surface area contributed by atoms with Gasteiger partial charge in [0, 0.05) is 19.0 Å². The fraction of sp³-hybridized carbons (Fsp3) is 0.211. The number of carbonyl (C=O) groups is 2. The van der Waals surface area contributed by atoms with E-state index in [2.05, 4.69) is 0 Å². The van der Waals surface area contributed by atoms with Gasteiger partial charge in [0.1, 0.15) is 21.6 Å². The largest absolute Gasteiger partial charge is 0.507 e.